The zero-order chi connectivity index (χ0) is 7.40. The molecule has 0 atom stereocenters. The van der Waals surface area contributed by atoms with Crippen LogP contribution in [0.15, 0.2) is 18.3 Å². The van der Waals surface area contributed by atoms with Gasteiger partial charge in [-0.2, -0.15) is 0 Å². The van der Waals surface area contributed by atoms with Gasteiger partial charge in [-0.1, -0.05) is 0 Å². The van der Waals surface area contributed by atoms with Crippen LogP contribution in [-0.2, 0) is 4.79 Å². The summed E-state index contributed by atoms with van der Waals surface area (Å²) in [4.78, 5) is 13.9. The van der Waals surface area contributed by atoms with E-state index in [2.05, 4.69) is 10.3 Å². The van der Waals surface area contributed by atoms with Crippen molar-refractivity contribution in [3.05, 3.63) is 24.0 Å². The first-order chi connectivity index (χ1) is 4.83. The minimum atomic E-state index is 0.631. The maximum atomic E-state index is 9.92. The van der Waals surface area contributed by atoms with Crippen LogP contribution in [0.5, 0.6) is 0 Å². The summed E-state index contributed by atoms with van der Waals surface area (Å²) in [5.74, 6) is 0. The molecule has 1 amide bonds. The number of hydrogen-bond donors (Lipinski definition) is 1. The quantitative estimate of drug-likeness (QED) is 0.615. The smallest absolute Gasteiger partial charge is 0.211 e. The van der Waals surface area contributed by atoms with E-state index >= 15 is 0 Å². The monoisotopic (exact) mass is 136 g/mol. The summed E-state index contributed by atoms with van der Waals surface area (Å²) in [5.41, 5.74) is 1.66. The number of hydrogen-bond acceptors (Lipinski definition) is 2. The van der Waals surface area contributed by atoms with Crippen molar-refractivity contribution in [2.45, 2.75) is 6.92 Å². The lowest BCUT2D eigenvalue weighted by Crippen LogP contribution is -1.93. The molecule has 3 nitrogen and oxygen atoms in total. The van der Waals surface area contributed by atoms with E-state index in [1.165, 1.54) is 0 Å². The molecule has 52 valence electrons. The molecule has 0 aromatic carbocycles. The Labute approximate surface area is 59.1 Å². The number of carbonyl (C=O) groups excluding carboxylic acids is 1. The molecule has 0 fully saturated rings. The molecular formula is C7H8N2O. The van der Waals surface area contributed by atoms with Crippen molar-refractivity contribution in [1.82, 2.24) is 4.98 Å². The van der Waals surface area contributed by atoms with Crippen LogP contribution in [0.1, 0.15) is 5.69 Å². The number of anilines is 1. The molecule has 0 unspecified atom stereocenters. The predicted molar refractivity (Wildman–Crippen MR) is 38.7 cm³/mol. The van der Waals surface area contributed by atoms with E-state index in [1.807, 2.05) is 13.0 Å². The number of amides is 1. The fourth-order valence-corrected chi connectivity index (χ4v) is 0.621. The van der Waals surface area contributed by atoms with E-state index in [4.69, 9.17) is 0 Å². The third-order valence-corrected chi connectivity index (χ3v) is 1.14. The molecule has 0 bridgehead atoms. The van der Waals surface area contributed by atoms with Crippen LogP contribution < -0.4 is 5.32 Å². The molecule has 0 aliphatic heterocycles. The minimum absolute atomic E-state index is 0.631. The Morgan fingerprint density at radius 2 is 2.40 bits per heavy atom. The molecular weight excluding hydrogens is 128 g/mol. The van der Waals surface area contributed by atoms with E-state index in [-0.39, 0.29) is 0 Å². The Morgan fingerprint density at radius 1 is 1.60 bits per heavy atom. The van der Waals surface area contributed by atoms with Gasteiger partial charge in [0.15, 0.2) is 0 Å². The normalized spacial score (nSPS) is 8.90. The molecule has 10 heavy (non-hydrogen) atoms. The van der Waals surface area contributed by atoms with E-state index in [9.17, 15) is 4.79 Å². The lowest BCUT2D eigenvalue weighted by Gasteiger charge is -1.95. The molecule has 0 saturated heterocycles. The molecule has 0 aliphatic rings. The summed E-state index contributed by atoms with van der Waals surface area (Å²) < 4.78 is 0. The van der Waals surface area contributed by atoms with E-state index < -0.39 is 0 Å². The average Bonchev–Trinajstić information content (AvgIpc) is 1.95. The van der Waals surface area contributed by atoms with Gasteiger partial charge >= 0.3 is 0 Å². The van der Waals surface area contributed by atoms with Gasteiger partial charge in [0.2, 0.25) is 6.41 Å². The zero-order valence-electron chi connectivity index (χ0n) is 5.66. The van der Waals surface area contributed by atoms with Crippen molar-refractivity contribution in [1.29, 1.82) is 0 Å². The van der Waals surface area contributed by atoms with Gasteiger partial charge in [-0.15, -0.1) is 0 Å². The average molecular weight is 136 g/mol. The van der Waals surface area contributed by atoms with Crippen molar-refractivity contribution >= 4 is 12.1 Å². The number of nitrogens with zero attached hydrogens (tertiary/aromatic N) is 1. The van der Waals surface area contributed by atoms with E-state index in [0.29, 0.717) is 6.41 Å². The molecule has 1 heterocycles. The van der Waals surface area contributed by atoms with Gasteiger partial charge in [-0.25, -0.2) is 0 Å². The van der Waals surface area contributed by atoms with Crippen LogP contribution in [0.3, 0.4) is 0 Å². The number of aryl methyl sites for hydroxylation is 1. The van der Waals surface area contributed by atoms with Gasteiger partial charge in [0.1, 0.15) is 0 Å². The lowest BCUT2D eigenvalue weighted by molar-refractivity contribution is -0.105. The highest BCUT2D eigenvalue weighted by atomic mass is 16.1. The number of nitrogens with one attached hydrogen (secondary N) is 1. The Hall–Kier alpha value is -1.38. The summed E-state index contributed by atoms with van der Waals surface area (Å²) in [6.07, 6.45) is 2.25. The first-order valence-electron chi connectivity index (χ1n) is 2.96. The van der Waals surface area contributed by atoms with E-state index in [0.717, 1.165) is 11.4 Å². The van der Waals surface area contributed by atoms with Crippen molar-refractivity contribution in [2.75, 3.05) is 5.32 Å². The van der Waals surface area contributed by atoms with Gasteiger partial charge in [0.25, 0.3) is 0 Å². The van der Waals surface area contributed by atoms with Crippen molar-refractivity contribution in [2.24, 2.45) is 0 Å². The highest BCUT2D eigenvalue weighted by Crippen LogP contribution is 2.02. The van der Waals surface area contributed by atoms with E-state index in [1.54, 1.807) is 12.3 Å². The van der Waals surface area contributed by atoms with Crippen LogP contribution in [0.4, 0.5) is 5.69 Å². The Bertz CT molecular complexity index is 218. The molecule has 1 aromatic rings. The predicted octanol–water partition coefficient (Wildman–Crippen LogP) is 0.958. The number of aromatic nitrogens is 1. The number of rotatable bonds is 2. The minimum Gasteiger partial charge on any atom is -0.327 e. The number of carbonyl (C=O) groups is 1. The third kappa shape index (κ3) is 1.55. The Morgan fingerprint density at radius 3 is 2.90 bits per heavy atom. The molecule has 1 aromatic heterocycles. The first kappa shape index (κ1) is 6.74. The molecule has 1 rings (SSSR count). The van der Waals surface area contributed by atoms with Crippen molar-refractivity contribution in [3.63, 3.8) is 0 Å². The fraction of sp³-hybridized carbons (Fsp3) is 0.143. The molecule has 3 heteroatoms. The van der Waals surface area contributed by atoms with Crippen LogP contribution in [-0.4, -0.2) is 11.4 Å². The second-order valence-corrected chi connectivity index (χ2v) is 1.95. The van der Waals surface area contributed by atoms with Gasteiger partial charge in [0.05, 0.1) is 11.9 Å². The summed E-state index contributed by atoms with van der Waals surface area (Å²) in [6, 6.07) is 3.64. The molecule has 0 saturated carbocycles. The highest BCUT2D eigenvalue weighted by molar-refractivity contribution is 5.70. The molecule has 0 spiro atoms. The summed E-state index contributed by atoms with van der Waals surface area (Å²) in [6.45, 7) is 1.89. The second kappa shape index (κ2) is 2.96. The van der Waals surface area contributed by atoms with Crippen LogP contribution in [0, 0.1) is 6.92 Å². The maximum Gasteiger partial charge on any atom is 0.211 e. The van der Waals surface area contributed by atoms with Crippen molar-refractivity contribution < 1.29 is 4.79 Å². The van der Waals surface area contributed by atoms with Gasteiger partial charge < -0.3 is 5.32 Å². The maximum absolute atomic E-state index is 9.92. The third-order valence-electron chi connectivity index (χ3n) is 1.14. The summed E-state index contributed by atoms with van der Waals surface area (Å²) in [5, 5.41) is 2.49. The summed E-state index contributed by atoms with van der Waals surface area (Å²) in [7, 11) is 0. The van der Waals surface area contributed by atoms with Crippen LogP contribution in [0.25, 0.3) is 0 Å². The highest BCUT2D eigenvalue weighted by Gasteiger charge is 1.87. The van der Waals surface area contributed by atoms with Crippen molar-refractivity contribution in [3.8, 4) is 0 Å². The fourth-order valence-electron chi connectivity index (χ4n) is 0.621. The standard InChI is InChI=1S/C7H8N2O/c1-6-2-3-7(4-8-6)9-5-10/h2-5H,1H3,(H,9,10). The second-order valence-electron chi connectivity index (χ2n) is 1.95. The molecule has 1 N–H and O–H groups in total. The SMILES string of the molecule is Cc1ccc(NC=O)cn1. The van der Waals surface area contributed by atoms with Crippen LogP contribution >= 0.6 is 0 Å². The largest absolute Gasteiger partial charge is 0.327 e. The lowest BCUT2D eigenvalue weighted by atomic mass is 10.3. The summed E-state index contributed by atoms with van der Waals surface area (Å²) >= 11 is 0. The number of pyridine rings is 1. The topological polar surface area (TPSA) is 42.0 Å². The zero-order valence-corrected chi connectivity index (χ0v) is 5.66. The van der Waals surface area contributed by atoms with Gasteiger partial charge in [-0.3, -0.25) is 9.78 Å². The Kier molecular flexibility index (Phi) is 1.99. The van der Waals surface area contributed by atoms with Crippen LogP contribution in [0.2, 0.25) is 0 Å². The Balaban J connectivity index is 2.78. The van der Waals surface area contributed by atoms with Gasteiger partial charge in [-0.05, 0) is 19.1 Å². The van der Waals surface area contributed by atoms with Gasteiger partial charge in [0, 0.05) is 5.69 Å². The molecule has 0 aliphatic carbocycles. The first-order valence-corrected chi connectivity index (χ1v) is 2.96. The molecule has 0 radical (unpaired) electrons.